The molecule has 3 unspecified atom stereocenters. The average molecular weight is 230 g/mol. The lowest BCUT2D eigenvalue weighted by Gasteiger charge is -2.42. The molecule has 0 saturated carbocycles. The first-order valence-corrected chi connectivity index (χ1v) is 6.22. The van der Waals surface area contributed by atoms with E-state index in [0.717, 1.165) is 26.2 Å². The Morgan fingerprint density at radius 3 is 2.75 bits per heavy atom. The molecule has 0 aromatic rings. The fourth-order valence-corrected chi connectivity index (χ4v) is 2.23. The molecule has 0 aliphatic carbocycles. The summed E-state index contributed by atoms with van der Waals surface area (Å²) in [4.78, 5) is 2.40. The maximum Gasteiger partial charge on any atom is 0.0674 e. The lowest BCUT2D eigenvalue weighted by molar-refractivity contribution is -0.0603. The first-order chi connectivity index (χ1) is 7.50. The van der Waals surface area contributed by atoms with Crippen molar-refractivity contribution in [3.63, 3.8) is 0 Å². The molecule has 2 N–H and O–H groups in total. The van der Waals surface area contributed by atoms with Crippen molar-refractivity contribution in [2.24, 2.45) is 0 Å². The van der Waals surface area contributed by atoms with E-state index in [2.05, 4.69) is 37.9 Å². The minimum Gasteiger partial charge on any atom is -0.394 e. The lowest BCUT2D eigenvalue weighted by atomic mass is 10.0. The third-order valence-corrected chi connectivity index (χ3v) is 3.24. The summed E-state index contributed by atoms with van der Waals surface area (Å²) in [7, 11) is 0. The Kier molecular flexibility index (Phi) is 5.18. The summed E-state index contributed by atoms with van der Waals surface area (Å²) in [5.41, 5.74) is -0.208. The fourth-order valence-electron chi connectivity index (χ4n) is 2.23. The molecule has 96 valence electrons. The molecule has 4 heteroatoms. The highest BCUT2D eigenvalue weighted by molar-refractivity contribution is 4.89. The minimum absolute atomic E-state index is 0.166. The molecule has 1 aliphatic rings. The van der Waals surface area contributed by atoms with Gasteiger partial charge >= 0.3 is 0 Å². The van der Waals surface area contributed by atoms with Crippen LogP contribution in [0.25, 0.3) is 0 Å². The van der Waals surface area contributed by atoms with E-state index in [1.165, 1.54) is 0 Å². The summed E-state index contributed by atoms with van der Waals surface area (Å²) in [6, 6.07) is 0.431. The minimum atomic E-state index is -0.208. The van der Waals surface area contributed by atoms with E-state index in [9.17, 15) is 5.11 Å². The van der Waals surface area contributed by atoms with Gasteiger partial charge in [0.2, 0.25) is 0 Å². The Balaban J connectivity index is 2.55. The molecular formula is C12H26N2O2. The predicted molar refractivity (Wildman–Crippen MR) is 65.6 cm³/mol. The summed E-state index contributed by atoms with van der Waals surface area (Å²) >= 11 is 0. The molecule has 1 fully saturated rings. The molecule has 1 heterocycles. The number of nitrogens with one attached hydrogen (secondary N) is 1. The van der Waals surface area contributed by atoms with Crippen LogP contribution in [0.2, 0.25) is 0 Å². The van der Waals surface area contributed by atoms with Crippen LogP contribution < -0.4 is 5.32 Å². The van der Waals surface area contributed by atoms with Crippen LogP contribution in [0.15, 0.2) is 0 Å². The third kappa shape index (κ3) is 3.70. The number of likely N-dealkylation sites (N-methyl/N-ethyl adjacent to an activating group) is 1. The molecule has 1 aliphatic heterocycles. The van der Waals surface area contributed by atoms with Crippen LogP contribution in [0.5, 0.6) is 0 Å². The smallest absolute Gasteiger partial charge is 0.0674 e. The largest absolute Gasteiger partial charge is 0.394 e. The van der Waals surface area contributed by atoms with Crippen molar-refractivity contribution >= 4 is 0 Å². The quantitative estimate of drug-likeness (QED) is 0.720. The highest BCUT2D eigenvalue weighted by atomic mass is 16.5. The molecule has 0 aromatic heterocycles. The van der Waals surface area contributed by atoms with Gasteiger partial charge in [0.25, 0.3) is 0 Å². The number of hydrogen-bond donors (Lipinski definition) is 2. The van der Waals surface area contributed by atoms with Crippen molar-refractivity contribution in [2.75, 3.05) is 32.8 Å². The van der Waals surface area contributed by atoms with Gasteiger partial charge in [0.1, 0.15) is 0 Å². The van der Waals surface area contributed by atoms with Crippen LogP contribution in [0, 0.1) is 0 Å². The second-order valence-electron chi connectivity index (χ2n) is 5.17. The van der Waals surface area contributed by atoms with Gasteiger partial charge in [-0.05, 0) is 27.3 Å². The van der Waals surface area contributed by atoms with E-state index in [-0.39, 0.29) is 12.1 Å². The molecule has 0 amide bonds. The highest BCUT2D eigenvalue weighted by Gasteiger charge is 2.31. The van der Waals surface area contributed by atoms with E-state index >= 15 is 0 Å². The van der Waals surface area contributed by atoms with Gasteiger partial charge in [0, 0.05) is 19.1 Å². The van der Waals surface area contributed by atoms with E-state index in [1.54, 1.807) is 0 Å². The highest BCUT2D eigenvalue weighted by Crippen LogP contribution is 2.15. The molecule has 16 heavy (non-hydrogen) atoms. The van der Waals surface area contributed by atoms with Crippen LogP contribution in [0.1, 0.15) is 27.7 Å². The number of ether oxygens (including phenoxy) is 1. The summed E-state index contributed by atoms with van der Waals surface area (Å²) in [6.45, 7) is 12.1. The SMILES string of the molecule is CCNC(C)(CO)CN1CC(C)OCC1C. The van der Waals surface area contributed by atoms with Crippen LogP contribution in [-0.4, -0.2) is 60.5 Å². The standard InChI is InChI=1S/C12H26N2O2/c1-5-13-12(4,9-15)8-14-6-11(3)16-7-10(14)2/h10-11,13,15H,5-9H2,1-4H3. The van der Waals surface area contributed by atoms with Crippen molar-refractivity contribution in [3.05, 3.63) is 0 Å². The predicted octanol–water partition coefficient (Wildman–Crippen LogP) is 0.456. The monoisotopic (exact) mass is 230 g/mol. The van der Waals surface area contributed by atoms with Gasteiger partial charge in [-0.15, -0.1) is 0 Å². The summed E-state index contributed by atoms with van der Waals surface area (Å²) in [5, 5.41) is 12.8. The van der Waals surface area contributed by atoms with Gasteiger partial charge in [-0.1, -0.05) is 6.92 Å². The van der Waals surface area contributed by atoms with Gasteiger partial charge in [0.05, 0.1) is 24.9 Å². The Bertz CT molecular complexity index is 213. The summed E-state index contributed by atoms with van der Waals surface area (Å²) < 4.78 is 5.60. The first kappa shape index (κ1) is 13.9. The molecule has 3 atom stereocenters. The Morgan fingerprint density at radius 2 is 2.19 bits per heavy atom. The van der Waals surface area contributed by atoms with Crippen molar-refractivity contribution < 1.29 is 9.84 Å². The van der Waals surface area contributed by atoms with Gasteiger partial charge in [-0.2, -0.15) is 0 Å². The van der Waals surface area contributed by atoms with Gasteiger partial charge < -0.3 is 15.2 Å². The number of rotatable bonds is 5. The molecule has 1 rings (SSSR count). The molecule has 0 radical (unpaired) electrons. The van der Waals surface area contributed by atoms with Crippen LogP contribution in [0.4, 0.5) is 0 Å². The van der Waals surface area contributed by atoms with Crippen LogP contribution in [-0.2, 0) is 4.74 Å². The third-order valence-electron chi connectivity index (χ3n) is 3.24. The molecule has 0 bridgehead atoms. The Morgan fingerprint density at radius 1 is 1.50 bits per heavy atom. The van der Waals surface area contributed by atoms with E-state index in [4.69, 9.17) is 4.74 Å². The maximum atomic E-state index is 9.48. The molecular weight excluding hydrogens is 204 g/mol. The molecule has 1 saturated heterocycles. The number of morpholine rings is 1. The Labute approximate surface area is 99.0 Å². The molecule has 0 aromatic carbocycles. The zero-order valence-corrected chi connectivity index (χ0v) is 11.0. The van der Waals surface area contributed by atoms with Crippen molar-refractivity contribution in [3.8, 4) is 0 Å². The second kappa shape index (κ2) is 5.96. The van der Waals surface area contributed by atoms with Crippen molar-refractivity contribution in [1.29, 1.82) is 0 Å². The average Bonchev–Trinajstić information content (AvgIpc) is 2.24. The van der Waals surface area contributed by atoms with Gasteiger partial charge in [0.15, 0.2) is 0 Å². The first-order valence-electron chi connectivity index (χ1n) is 6.22. The van der Waals surface area contributed by atoms with E-state index < -0.39 is 0 Å². The fraction of sp³-hybridized carbons (Fsp3) is 1.00. The zero-order valence-electron chi connectivity index (χ0n) is 11.0. The second-order valence-corrected chi connectivity index (χ2v) is 5.17. The van der Waals surface area contributed by atoms with Crippen molar-refractivity contribution in [2.45, 2.75) is 45.4 Å². The number of aliphatic hydroxyl groups excluding tert-OH is 1. The topological polar surface area (TPSA) is 44.7 Å². The number of nitrogens with zero attached hydrogens (tertiary/aromatic N) is 1. The van der Waals surface area contributed by atoms with Gasteiger partial charge in [-0.25, -0.2) is 0 Å². The van der Waals surface area contributed by atoms with Crippen molar-refractivity contribution in [1.82, 2.24) is 10.2 Å². The van der Waals surface area contributed by atoms with Crippen LogP contribution >= 0.6 is 0 Å². The van der Waals surface area contributed by atoms with Crippen LogP contribution in [0.3, 0.4) is 0 Å². The molecule has 4 nitrogen and oxygen atoms in total. The number of aliphatic hydroxyl groups is 1. The summed E-state index contributed by atoms with van der Waals surface area (Å²) in [5.74, 6) is 0. The van der Waals surface area contributed by atoms with E-state index in [1.807, 2.05) is 0 Å². The zero-order chi connectivity index (χ0) is 12.2. The maximum absolute atomic E-state index is 9.48. The molecule has 0 spiro atoms. The van der Waals surface area contributed by atoms with E-state index in [0.29, 0.717) is 12.1 Å². The van der Waals surface area contributed by atoms with Gasteiger partial charge in [-0.3, -0.25) is 4.90 Å². The summed E-state index contributed by atoms with van der Waals surface area (Å²) in [6.07, 6.45) is 0.292. The number of hydrogen-bond acceptors (Lipinski definition) is 4. The lowest BCUT2D eigenvalue weighted by Crippen LogP contribution is -2.59. The normalized spacial score (nSPS) is 31.3. The Hall–Kier alpha value is -0.160.